The zero-order valence-corrected chi connectivity index (χ0v) is 9.46. The number of benzene rings is 1. The minimum absolute atomic E-state index is 0.407. The number of hydrogen-bond acceptors (Lipinski definition) is 4. The summed E-state index contributed by atoms with van der Waals surface area (Å²) < 4.78 is 9.79. The predicted octanol–water partition coefficient (Wildman–Crippen LogP) is 2.91. The molecule has 2 aromatic rings. The van der Waals surface area contributed by atoms with Crippen LogP contribution in [0.15, 0.2) is 30.3 Å². The summed E-state index contributed by atoms with van der Waals surface area (Å²) >= 11 is 7.01. The maximum Gasteiger partial charge on any atom is 0.139 e. The molecular weight excluding hydrogens is 232 g/mol. The molecule has 0 radical (unpaired) electrons. The topological polar surface area (TPSA) is 35.0 Å². The van der Waals surface area contributed by atoms with Crippen molar-refractivity contribution in [2.75, 3.05) is 0 Å². The fraction of sp³-hybridized carbons (Fsp3) is 0.200. The third-order valence-electron chi connectivity index (χ3n) is 1.86. The van der Waals surface area contributed by atoms with Gasteiger partial charge in [-0.2, -0.15) is 0 Å². The van der Waals surface area contributed by atoms with Crippen LogP contribution in [0, 0.1) is 0 Å². The molecule has 78 valence electrons. The van der Waals surface area contributed by atoms with E-state index in [0.717, 1.165) is 5.56 Å². The van der Waals surface area contributed by atoms with E-state index < -0.39 is 0 Å². The number of hydrogen-bond donors (Lipinski definition) is 0. The minimum Gasteiger partial charge on any atom is -0.370 e. The highest BCUT2D eigenvalue weighted by molar-refractivity contribution is 7.10. The van der Waals surface area contributed by atoms with Crippen LogP contribution in [0.3, 0.4) is 0 Å². The molecule has 0 spiro atoms. The SMILES string of the molecule is Clc1snnc1COCc1ccccc1. The Bertz CT molecular complexity index is 418. The van der Waals surface area contributed by atoms with E-state index in [0.29, 0.717) is 23.2 Å². The first-order chi connectivity index (χ1) is 7.36. The lowest BCUT2D eigenvalue weighted by Crippen LogP contribution is -1.94. The maximum atomic E-state index is 5.84. The van der Waals surface area contributed by atoms with Gasteiger partial charge in [0.2, 0.25) is 0 Å². The van der Waals surface area contributed by atoms with Gasteiger partial charge in [0.05, 0.1) is 13.2 Å². The zero-order valence-electron chi connectivity index (χ0n) is 7.89. The van der Waals surface area contributed by atoms with Crippen molar-refractivity contribution in [2.45, 2.75) is 13.2 Å². The Morgan fingerprint density at radius 1 is 1.20 bits per heavy atom. The van der Waals surface area contributed by atoms with Gasteiger partial charge in [-0.15, -0.1) is 5.10 Å². The molecule has 0 saturated heterocycles. The molecule has 0 atom stereocenters. The summed E-state index contributed by atoms with van der Waals surface area (Å²) in [6.45, 7) is 0.971. The molecule has 0 amide bonds. The van der Waals surface area contributed by atoms with Crippen LogP contribution in [0.25, 0.3) is 0 Å². The largest absolute Gasteiger partial charge is 0.370 e. The van der Waals surface area contributed by atoms with Crippen molar-refractivity contribution >= 4 is 23.1 Å². The number of ether oxygens (including phenoxy) is 1. The van der Waals surface area contributed by atoms with Crippen LogP contribution in [0.5, 0.6) is 0 Å². The summed E-state index contributed by atoms with van der Waals surface area (Å²) in [6, 6.07) is 9.97. The quantitative estimate of drug-likeness (QED) is 0.824. The molecule has 1 heterocycles. The predicted molar refractivity (Wildman–Crippen MR) is 59.9 cm³/mol. The second-order valence-corrected chi connectivity index (χ2v) is 4.33. The standard InChI is InChI=1S/C10H9ClN2OS/c11-10-9(12-13-15-10)7-14-6-8-4-2-1-3-5-8/h1-5H,6-7H2. The summed E-state index contributed by atoms with van der Waals surface area (Å²) in [5.74, 6) is 0. The molecule has 0 bridgehead atoms. The number of aromatic nitrogens is 2. The van der Waals surface area contributed by atoms with Gasteiger partial charge in [0, 0.05) is 11.5 Å². The molecule has 0 saturated carbocycles. The molecule has 0 aliphatic rings. The van der Waals surface area contributed by atoms with E-state index in [1.807, 2.05) is 30.3 Å². The van der Waals surface area contributed by atoms with E-state index in [4.69, 9.17) is 16.3 Å². The average Bonchev–Trinajstić information content (AvgIpc) is 2.66. The maximum absolute atomic E-state index is 5.84. The molecule has 15 heavy (non-hydrogen) atoms. The van der Waals surface area contributed by atoms with Crippen LogP contribution >= 0.6 is 23.1 Å². The Kier molecular flexibility index (Phi) is 3.66. The van der Waals surface area contributed by atoms with Gasteiger partial charge in [-0.05, 0) is 5.56 Å². The van der Waals surface area contributed by atoms with E-state index in [1.165, 1.54) is 11.5 Å². The summed E-state index contributed by atoms with van der Waals surface area (Å²) in [7, 11) is 0. The Hall–Kier alpha value is -0.970. The van der Waals surface area contributed by atoms with E-state index in [9.17, 15) is 0 Å². The van der Waals surface area contributed by atoms with Crippen molar-refractivity contribution in [3.63, 3.8) is 0 Å². The van der Waals surface area contributed by atoms with Gasteiger partial charge in [-0.1, -0.05) is 46.4 Å². The van der Waals surface area contributed by atoms with Crippen molar-refractivity contribution in [3.05, 3.63) is 45.9 Å². The molecule has 0 aliphatic heterocycles. The molecule has 0 N–H and O–H groups in total. The zero-order chi connectivity index (χ0) is 10.5. The highest BCUT2D eigenvalue weighted by Gasteiger charge is 2.04. The van der Waals surface area contributed by atoms with E-state index in [2.05, 4.69) is 9.59 Å². The van der Waals surface area contributed by atoms with Gasteiger partial charge < -0.3 is 4.74 Å². The first-order valence-electron chi connectivity index (χ1n) is 4.44. The monoisotopic (exact) mass is 240 g/mol. The smallest absolute Gasteiger partial charge is 0.139 e. The number of nitrogens with zero attached hydrogens (tertiary/aromatic N) is 2. The van der Waals surface area contributed by atoms with Crippen molar-refractivity contribution in [2.24, 2.45) is 0 Å². The molecule has 1 aromatic heterocycles. The summed E-state index contributed by atoms with van der Waals surface area (Å²) in [5.41, 5.74) is 1.84. The molecule has 0 aliphatic carbocycles. The van der Waals surface area contributed by atoms with Gasteiger partial charge in [0.25, 0.3) is 0 Å². The molecule has 3 nitrogen and oxygen atoms in total. The highest BCUT2D eigenvalue weighted by Crippen LogP contribution is 2.18. The van der Waals surface area contributed by atoms with Crippen molar-refractivity contribution in [1.29, 1.82) is 0 Å². The lowest BCUT2D eigenvalue weighted by atomic mass is 10.2. The van der Waals surface area contributed by atoms with E-state index in [-0.39, 0.29) is 0 Å². The van der Waals surface area contributed by atoms with Crippen molar-refractivity contribution in [1.82, 2.24) is 9.59 Å². The van der Waals surface area contributed by atoms with Crippen LogP contribution in [-0.2, 0) is 18.0 Å². The first-order valence-corrected chi connectivity index (χ1v) is 5.60. The van der Waals surface area contributed by atoms with E-state index >= 15 is 0 Å². The lowest BCUT2D eigenvalue weighted by molar-refractivity contribution is 0.104. The van der Waals surface area contributed by atoms with Crippen LogP contribution in [0.2, 0.25) is 4.34 Å². The van der Waals surface area contributed by atoms with E-state index in [1.54, 1.807) is 0 Å². The Balaban J connectivity index is 1.83. The fourth-order valence-electron chi connectivity index (χ4n) is 1.12. The Morgan fingerprint density at radius 3 is 2.67 bits per heavy atom. The average molecular weight is 241 g/mol. The van der Waals surface area contributed by atoms with Gasteiger partial charge in [0.15, 0.2) is 0 Å². The normalized spacial score (nSPS) is 10.5. The molecule has 0 unspecified atom stereocenters. The molecule has 5 heteroatoms. The van der Waals surface area contributed by atoms with Crippen LogP contribution < -0.4 is 0 Å². The van der Waals surface area contributed by atoms with Crippen LogP contribution in [0.4, 0.5) is 0 Å². The summed E-state index contributed by atoms with van der Waals surface area (Å²) in [4.78, 5) is 0. The van der Waals surface area contributed by atoms with Crippen LogP contribution in [0.1, 0.15) is 11.3 Å². The third-order valence-corrected chi connectivity index (χ3v) is 2.84. The molecule has 2 rings (SSSR count). The molecule has 1 aromatic carbocycles. The van der Waals surface area contributed by atoms with Gasteiger partial charge in [0.1, 0.15) is 10.0 Å². The van der Waals surface area contributed by atoms with Gasteiger partial charge >= 0.3 is 0 Å². The highest BCUT2D eigenvalue weighted by atomic mass is 35.5. The van der Waals surface area contributed by atoms with Crippen LogP contribution in [-0.4, -0.2) is 9.59 Å². The van der Waals surface area contributed by atoms with Gasteiger partial charge in [-0.3, -0.25) is 0 Å². The Labute approximate surface area is 96.8 Å². The molecule has 0 fully saturated rings. The minimum atomic E-state index is 0.407. The fourth-order valence-corrected chi connectivity index (χ4v) is 1.72. The summed E-state index contributed by atoms with van der Waals surface area (Å²) in [6.07, 6.45) is 0. The lowest BCUT2D eigenvalue weighted by Gasteiger charge is -2.01. The third kappa shape index (κ3) is 2.99. The second kappa shape index (κ2) is 5.21. The second-order valence-electron chi connectivity index (χ2n) is 2.97. The summed E-state index contributed by atoms with van der Waals surface area (Å²) in [5, 5.41) is 3.86. The van der Waals surface area contributed by atoms with Gasteiger partial charge in [-0.25, -0.2) is 0 Å². The molecular formula is C10H9ClN2OS. The van der Waals surface area contributed by atoms with Crippen molar-refractivity contribution in [3.8, 4) is 0 Å². The number of halogens is 1. The first kappa shape index (κ1) is 10.5. The number of rotatable bonds is 4. The Morgan fingerprint density at radius 2 is 2.00 bits per heavy atom. The van der Waals surface area contributed by atoms with Crippen molar-refractivity contribution < 1.29 is 4.74 Å².